The van der Waals surface area contributed by atoms with Crippen LogP contribution in [-0.2, 0) is 13.1 Å². The Balaban J connectivity index is 2.40. The molecule has 0 saturated heterocycles. The van der Waals surface area contributed by atoms with E-state index in [4.69, 9.17) is 0 Å². The normalized spacial score (nSPS) is 10.6. The lowest BCUT2D eigenvalue weighted by molar-refractivity contribution is 0.522. The Morgan fingerprint density at radius 3 is 3.00 bits per heavy atom. The zero-order valence-electron chi connectivity index (χ0n) is 8.45. The molecule has 74 valence electrons. The molecule has 0 aromatic carbocycles. The van der Waals surface area contributed by atoms with E-state index in [-0.39, 0.29) is 0 Å². The van der Waals surface area contributed by atoms with Gasteiger partial charge in [-0.25, -0.2) is 9.67 Å². The van der Waals surface area contributed by atoms with Crippen LogP contribution in [0.1, 0.15) is 32.0 Å². The van der Waals surface area contributed by atoms with Gasteiger partial charge in [0.2, 0.25) is 0 Å². The molecule has 0 aliphatic heterocycles. The first kappa shape index (κ1) is 10.2. The molecule has 0 saturated carbocycles. The Kier molecular flexibility index (Phi) is 4.46. The van der Waals surface area contributed by atoms with Crippen LogP contribution in [0.5, 0.6) is 0 Å². The Bertz CT molecular complexity index is 231. The average Bonchev–Trinajstić information content (AvgIpc) is 2.54. The first-order valence-electron chi connectivity index (χ1n) is 4.89. The molecule has 4 heteroatoms. The fraction of sp³-hybridized carbons (Fsp3) is 0.778. The van der Waals surface area contributed by atoms with Gasteiger partial charge < -0.3 is 5.32 Å². The summed E-state index contributed by atoms with van der Waals surface area (Å²) >= 11 is 0. The Hall–Kier alpha value is -0.900. The maximum absolute atomic E-state index is 4.17. The van der Waals surface area contributed by atoms with Crippen LogP contribution in [0.3, 0.4) is 0 Å². The second-order valence-corrected chi connectivity index (χ2v) is 3.14. The van der Waals surface area contributed by atoms with Crippen LogP contribution in [0.15, 0.2) is 6.33 Å². The van der Waals surface area contributed by atoms with E-state index >= 15 is 0 Å². The molecule has 13 heavy (non-hydrogen) atoms. The van der Waals surface area contributed by atoms with Crippen LogP contribution in [0, 0.1) is 0 Å². The van der Waals surface area contributed by atoms with Crippen molar-refractivity contribution in [3.05, 3.63) is 12.2 Å². The van der Waals surface area contributed by atoms with Crippen LogP contribution in [0.4, 0.5) is 0 Å². The van der Waals surface area contributed by atoms with Crippen molar-refractivity contribution >= 4 is 0 Å². The summed E-state index contributed by atoms with van der Waals surface area (Å²) in [6.45, 7) is 3.99. The van der Waals surface area contributed by atoms with Crippen molar-refractivity contribution in [3.8, 4) is 0 Å². The largest absolute Gasteiger partial charge is 0.313 e. The average molecular weight is 182 g/mol. The number of aryl methyl sites for hydroxylation is 1. The Morgan fingerprint density at radius 1 is 1.46 bits per heavy atom. The molecule has 1 aromatic heterocycles. The van der Waals surface area contributed by atoms with Gasteiger partial charge in [-0.2, -0.15) is 5.10 Å². The summed E-state index contributed by atoms with van der Waals surface area (Å²) in [5.41, 5.74) is 0. The molecule has 0 aliphatic rings. The highest BCUT2D eigenvalue weighted by Gasteiger charge is 2.01. The number of hydrogen-bond acceptors (Lipinski definition) is 3. The molecule has 0 radical (unpaired) electrons. The molecule has 1 heterocycles. The lowest BCUT2D eigenvalue weighted by atomic mass is 10.2. The molecule has 0 amide bonds. The van der Waals surface area contributed by atoms with Crippen molar-refractivity contribution in [2.75, 3.05) is 7.05 Å². The molecule has 0 aliphatic carbocycles. The molecule has 4 nitrogen and oxygen atoms in total. The smallest absolute Gasteiger partial charge is 0.140 e. The maximum Gasteiger partial charge on any atom is 0.140 e. The van der Waals surface area contributed by atoms with Gasteiger partial charge in [-0.3, -0.25) is 0 Å². The predicted octanol–water partition coefficient (Wildman–Crippen LogP) is 1.19. The van der Waals surface area contributed by atoms with Crippen molar-refractivity contribution in [1.82, 2.24) is 20.1 Å². The van der Waals surface area contributed by atoms with E-state index in [0.29, 0.717) is 0 Å². The highest BCUT2D eigenvalue weighted by molar-refractivity contribution is 4.82. The predicted molar refractivity (Wildman–Crippen MR) is 52.3 cm³/mol. The monoisotopic (exact) mass is 182 g/mol. The van der Waals surface area contributed by atoms with Gasteiger partial charge in [0, 0.05) is 6.54 Å². The molecule has 0 fully saturated rings. The van der Waals surface area contributed by atoms with Gasteiger partial charge in [0.1, 0.15) is 12.2 Å². The Labute approximate surface area is 79.4 Å². The van der Waals surface area contributed by atoms with Crippen LogP contribution < -0.4 is 5.32 Å². The first-order chi connectivity index (χ1) is 6.38. The SMILES string of the molecule is CCCCCn1ncnc1CNC. The first-order valence-corrected chi connectivity index (χ1v) is 4.89. The Morgan fingerprint density at radius 2 is 2.31 bits per heavy atom. The zero-order chi connectivity index (χ0) is 9.52. The minimum absolute atomic E-state index is 0.798. The summed E-state index contributed by atoms with van der Waals surface area (Å²) in [7, 11) is 1.92. The van der Waals surface area contributed by atoms with E-state index < -0.39 is 0 Å². The van der Waals surface area contributed by atoms with E-state index in [1.165, 1.54) is 19.3 Å². The summed E-state index contributed by atoms with van der Waals surface area (Å²) in [6, 6.07) is 0. The lowest BCUT2D eigenvalue weighted by Gasteiger charge is -2.04. The molecule has 1 rings (SSSR count). The summed E-state index contributed by atoms with van der Waals surface area (Å²) in [5, 5.41) is 7.25. The van der Waals surface area contributed by atoms with Crippen molar-refractivity contribution in [2.24, 2.45) is 0 Å². The third-order valence-electron chi connectivity index (χ3n) is 2.00. The van der Waals surface area contributed by atoms with Crippen LogP contribution in [-0.4, -0.2) is 21.8 Å². The van der Waals surface area contributed by atoms with Crippen LogP contribution in [0.25, 0.3) is 0 Å². The molecular formula is C9H18N4. The molecule has 1 aromatic rings. The molecule has 0 spiro atoms. The van der Waals surface area contributed by atoms with Gasteiger partial charge in [0.05, 0.1) is 6.54 Å². The van der Waals surface area contributed by atoms with Gasteiger partial charge >= 0.3 is 0 Å². The number of rotatable bonds is 6. The topological polar surface area (TPSA) is 42.7 Å². The number of hydrogen-bond donors (Lipinski definition) is 1. The third kappa shape index (κ3) is 3.14. The molecule has 1 N–H and O–H groups in total. The van der Waals surface area contributed by atoms with E-state index in [2.05, 4.69) is 22.3 Å². The van der Waals surface area contributed by atoms with E-state index in [0.717, 1.165) is 18.9 Å². The molecule has 0 bridgehead atoms. The fourth-order valence-corrected chi connectivity index (χ4v) is 1.28. The van der Waals surface area contributed by atoms with E-state index in [1.54, 1.807) is 6.33 Å². The van der Waals surface area contributed by atoms with Gasteiger partial charge in [0.15, 0.2) is 0 Å². The second kappa shape index (κ2) is 5.70. The minimum Gasteiger partial charge on any atom is -0.313 e. The maximum atomic E-state index is 4.17. The summed E-state index contributed by atoms with van der Waals surface area (Å²) in [6.07, 6.45) is 5.32. The third-order valence-corrected chi connectivity index (χ3v) is 2.00. The van der Waals surface area contributed by atoms with Crippen molar-refractivity contribution in [3.63, 3.8) is 0 Å². The fourth-order valence-electron chi connectivity index (χ4n) is 1.28. The lowest BCUT2D eigenvalue weighted by Crippen LogP contribution is -2.13. The number of unbranched alkanes of at least 4 members (excludes halogenated alkanes) is 2. The van der Waals surface area contributed by atoms with Gasteiger partial charge in [-0.15, -0.1) is 0 Å². The van der Waals surface area contributed by atoms with Crippen molar-refractivity contribution in [2.45, 2.75) is 39.3 Å². The highest BCUT2D eigenvalue weighted by atomic mass is 15.3. The second-order valence-electron chi connectivity index (χ2n) is 3.14. The standard InChI is InChI=1S/C9H18N4/c1-3-4-5-6-13-9(7-10-2)11-8-12-13/h8,10H,3-7H2,1-2H3. The molecule has 0 unspecified atom stereocenters. The van der Waals surface area contributed by atoms with Crippen LogP contribution in [0.2, 0.25) is 0 Å². The summed E-state index contributed by atoms with van der Waals surface area (Å²) in [4.78, 5) is 4.17. The van der Waals surface area contributed by atoms with Crippen molar-refractivity contribution in [1.29, 1.82) is 0 Å². The highest BCUT2D eigenvalue weighted by Crippen LogP contribution is 2.00. The van der Waals surface area contributed by atoms with E-state index in [1.807, 2.05) is 11.7 Å². The molecular weight excluding hydrogens is 164 g/mol. The number of nitrogens with one attached hydrogen (secondary N) is 1. The number of nitrogens with zero attached hydrogens (tertiary/aromatic N) is 3. The van der Waals surface area contributed by atoms with E-state index in [9.17, 15) is 0 Å². The van der Waals surface area contributed by atoms with Crippen LogP contribution >= 0.6 is 0 Å². The van der Waals surface area contributed by atoms with Gasteiger partial charge in [-0.1, -0.05) is 19.8 Å². The van der Waals surface area contributed by atoms with Gasteiger partial charge in [-0.05, 0) is 13.5 Å². The number of aromatic nitrogens is 3. The van der Waals surface area contributed by atoms with Gasteiger partial charge in [0.25, 0.3) is 0 Å². The van der Waals surface area contributed by atoms with Crippen molar-refractivity contribution < 1.29 is 0 Å². The zero-order valence-corrected chi connectivity index (χ0v) is 8.45. The summed E-state index contributed by atoms with van der Waals surface area (Å²) < 4.78 is 1.98. The summed E-state index contributed by atoms with van der Waals surface area (Å²) in [5.74, 6) is 1.03. The minimum atomic E-state index is 0.798. The molecule has 0 atom stereocenters. The quantitative estimate of drug-likeness (QED) is 0.672.